The second kappa shape index (κ2) is 5.71. The number of nitrogen functional groups attached to an aromatic ring is 1. The molecule has 1 aliphatic rings. The Kier molecular flexibility index (Phi) is 4.03. The Morgan fingerprint density at radius 2 is 2.06 bits per heavy atom. The van der Waals surface area contributed by atoms with Crippen LogP contribution in [-0.4, -0.2) is 23.4 Å². The summed E-state index contributed by atoms with van der Waals surface area (Å²) in [6.07, 6.45) is 6.97. The summed E-state index contributed by atoms with van der Waals surface area (Å²) in [6, 6.07) is 7.88. The summed E-state index contributed by atoms with van der Waals surface area (Å²) in [7, 11) is 0. The van der Waals surface area contributed by atoms with Crippen molar-refractivity contribution in [1.29, 1.82) is 0 Å². The zero-order valence-corrected chi connectivity index (χ0v) is 10.8. The van der Waals surface area contributed by atoms with Crippen molar-refractivity contribution in [2.45, 2.75) is 32.2 Å². The monoisotopic (exact) mass is 244 g/mol. The van der Waals surface area contributed by atoms with Gasteiger partial charge in [-0.1, -0.05) is 12.1 Å². The van der Waals surface area contributed by atoms with E-state index >= 15 is 0 Å². The van der Waals surface area contributed by atoms with Crippen LogP contribution in [0.3, 0.4) is 0 Å². The lowest BCUT2D eigenvalue weighted by Gasteiger charge is -2.32. The molecule has 0 aliphatic carbocycles. The minimum atomic E-state index is 0.110. The summed E-state index contributed by atoms with van der Waals surface area (Å²) in [6.45, 7) is 3.00. The molecule has 0 bridgehead atoms. The predicted molar refractivity (Wildman–Crippen MR) is 74.9 cm³/mol. The molecular weight excluding hydrogens is 224 g/mol. The zero-order valence-electron chi connectivity index (χ0n) is 10.8. The second-order valence-electron chi connectivity index (χ2n) is 4.88. The number of rotatable bonds is 2. The van der Waals surface area contributed by atoms with Gasteiger partial charge in [-0.05, 0) is 50.0 Å². The number of hydrogen-bond acceptors (Lipinski definition) is 2. The van der Waals surface area contributed by atoms with Crippen LogP contribution in [0.1, 0.15) is 31.7 Å². The molecule has 1 heterocycles. The van der Waals surface area contributed by atoms with Crippen LogP contribution in [-0.2, 0) is 4.79 Å². The molecule has 1 aromatic rings. The molecule has 2 rings (SSSR count). The van der Waals surface area contributed by atoms with Gasteiger partial charge in [0.1, 0.15) is 0 Å². The predicted octanol–water partition coefficient (Wildman–Crippen LogP) is 2.68. The molecular formula is C15H20N2O. The third-order valence-electron chi connectivity index (χ3n) is 3.44. The van der Waals surface area contributed by atoms with E-state index in [9.17, 15) is 4.79 Å². The van der Waals surface area contributed by atoms with Crippen LogP contribution in [0, 0.1) is 0 Å². The molecule has 0 spiro atoms. The zero-order chi connectivity index (χ0) is 13.0. The van der Waals surface area contributed by atoms with Gasteiger partial charge < -0.3 is 10.6 Å². The average molecular weight is 244 g/mol. The minimum absolute atomic E-state index is 0.110. The molecule has 0 radical (unpaired) electrons. The summed E-state index contributed by atoms with van der Waals surface area (Å²) >= 11 is 0. The maximum absolute atomic E-state index is 12.1. The molecule has 96 valence electrons. The molecule has 0 saturated carbocycles. The number of likely N-dealkylation sites (tertiary alicyclic amines) is 1. The molecule has 3 heteroatoms. The molecule has 1 amide bonds. The first-order valence-corrected chi connectivity index (χ1v) is 6.51. The number of hydrogen-bond donors (Lipinski definition) is 1. The van der Waals surface area contributed by atoms with E-state index in [1.807, 2.05) is 35.2 Å². The Morgan fingerprint density at radius 1 is 1.33 bits per heavy atom. The third-order valence-corrected chi connectivity index (χ3v) is 3.44. The Hall–Kier alpha value is -1.77. The Bertz CT molecular complexity index is 436. The summed E-state index contributed by atoms with van der Waals surface area (Å²) in [5.41, 5.74) is 7.36. The second-order valence-corrected chi connectivity index (χ2v) is 4.88. The maximum atomic E-state index is 12.1. The van der Waals surface area contributed by atoms with Crippen LogP contribution < -0.4 is 5.73 Å². The van der Waals surface area contributed by atoms with Crippen molar-refractivity contribution in [3.8, 4) is 0 Å². The average Bonchev–Trinajstić information content (AvgIpc) is 2.38. The highest BCUT2D eigenvalue weighted by molar-refractivity contribution is 5.92. The fourth-order valence-electron chi connectivity index (χ4n) is 2.30. The Balaban J connectivity index is 1.99. The molecule has 1 unspecified atom stereocenters. The normalized spacial score (nSPS) is 20.3. The number of nitrogens with two attached hydrogens (primary N) is 1. The first-order chi connectivity index (χ1) is 8.66. The van der Waals surface area contributed by atoms with E-state index in [4.69, 9.17) is 5.73 Å². The van der Waals surface area contributed by atoms with Crippen LogP contribution in [0.15, 0.2) is 30.3 Å². The number of piperidine rings is 1. The van der Waals surface area contributed by atoms with Crippen molar-refractivity contribution in [3.63, 3.8) is 0 Å². The largest absolute Gasteiger partial charge is 0.399 e. The van der Waals surface area contributed by atoms with E-state index in [-0.39, 0.29) is 5.91 Å². The lowest BCUT2D eigenvalue weighted by Crippen LogP contribution is -2.41. The Morgan fingerprint density at radius 3 is 2.72 bits per heavy atom. The third kappa shape index (κ3) is 3.13. The lowest BCUT2D eigenvalue weighted by atomic mass is 10.0. The highest BCUT2D eigenvalue weighted by Gasteiger charge is 2.20. The summed E-state index contributed by atoms with van der Waals surface area (Å²) in [5, 5.41) is 0. The van der Waals surface area contributed by atoms with E-state index in [1.165, 1.54) is 6.42 Å². The van der Waals surface area contributed by atoms with E-state index in [2.05, 4.69) is 6.92 Å². The van der Waals surface area contributed by atoms with Gasteiger partial charge in [0.15, 0.2) is 0 Å². The van der Waals surface area contributed by atoms with Crippen LogP contribution in [0.2, 0.25) is 0 Å². The summed E-state index contributed by atoms with van der Waals surface area (Å²) in [4.78, 5) is 14.0. The lowest BCUT2D eigenvalue weighted by molar-refractivity contribution is -0.129. The number of carbonyl (C=O) groups is 1. The molecule has 1 atom stereocenters. The van der Waals surface area contributed by atoms with Gasteiger partial charge >= 0.3 is 0 Å². The van der Waals surface area contributed by atoms with Crippen molar-refractivity contribution in [2.75, 3.05) is 12.3 Å². The van der Waals surface area contributed by atoms with Crippen molar-refractivity contribution in [1.82, 2.24) is 4.90 Å². The van der Waals surface area contributed by atoms with Gasteiger partial charge in [-0.3, -0.25) is 4.79 Å². The molecule has 3 nitrogen and oxygen atoms in total. The van der Waals surface area contributed by atoms with Gasteiger partial charge in [-0.15, -0.1) is 0 Å². The van der Waals surface area contributed by atoms with Crippen molar-refractivity contribution < 1.29 is 4.79 Å². The minimum Gasteiger partial charge on any atom is -0.399 e. The molecule has 2 N–H and O–H groups in total. The van der Waals surface area contributed by atoms with Gasteiger partial charge in [0.05, 0.1) is 0 Å². The van der Waals surface area contributed by atoms with Gasteiger partial charge in [-0.2, -0.15) is 0 Å². The first kappa shape index (κ1) is 12.7. The van der Waals surface area contributed by atoms with Crippen LogP contribution in [0.4, 0.5) is 5.69 Å². The molecule has 1 fully saturated rings. The highest BCUT2D eigenvalue weighted by atomic mass is 16.2. The first-order valence-electron chi connectivity index (χ1n) is 6.51. The fraction of sp³-hybridized carbons (Fsp3) is 0.400. The molecule has 1 aliphatic heterocycles. The van der Waals surface area contributed by atoms with Crippen molar-refractivity contribution in [2.24, 2.45) is 0 Å². The molecule has 1 saturated heterocycles. The molecule has 0 aromatic heterocycles. The number of benzene rings is 1. The van der Waals surface area contributed by atoms with E-state index < -0.39 is 0 Å². The maximum Gasteiger partial charge on any atom is 0.246 e. The van der Waals surface area contributed by atoms with Gasteiger partial charge in [0.2, 0.25) is 5.91 Å². The number of carbonyl (C=O) groups excluding carboxylic acids is 1. The van der Waals surface area contributed by atoms with Crippen LogP contribution in [0.5, 0.6) is 0 Å². The number of nitrogens with zero attached hydrogens (tertiary/aromatic N) is 1. The van der Waals surface area contributed by atoms with E-state index in [1.54, 1.807) is 6.08 Å². The van der Waals surface area contributed by atoms with Crippen molar-refractivity contribution >= 4 is 17.7 Å². The smallest absolute Gasteiger partial charge is 0.246 e. The van der Waals surface area contributed by atoms with Crippen LogP contribution >= 0.6 is 0 Å². The number of amides is 1. The molecule has 18 heavy (non-hydrogen) atoms. The quantitative estimate of drug-likeness (QED) is 0.642. The highest BCUT2D eigenvalue weighted by Crippen LogP contribution is 2.17. The van der Waals surface area contributed by atoms with Crippen LogP contribution in [0.25, 0.3) is 6.08 Å². The number of anilines is 1. The topological polar surface area (TPSA) is 46.3 Å². The van der Waals surface area contributed by atoms with E-state index in [0.717, 1.165) is 30.6 Å². The van der Waals surface area contributed by atoms with E-state index in [0.29, 0.717) is 6.04 Å². The van der Waals surface area contributed by atoms with Gasteiger partial charge in [0.25, 0.3) is 0 Å². The SMILES string of the molecule is CC1CCCCN1C(=O)/C=C/c1ccc(N)cc1. The van der Waals surface area contributed by atoms with Gasteiger partial charge in [-0.25, -0.2) is 0 Å². The summed E-state index contributed by atoms with van der Waals surface area (Å²) in [5.74, 6) is 0.110. The Labute approximate surface area is 108 Å². The fourth-order valence-corrected chi connectivity index (χ4v) is 2.30. The van der Waals surface area contributed by atoms with Gasteiger partial charge in [0, 0.05) is 24.4 Å². The standard InChI is InChI=1S/C15H20N2O/c1-12-4-2-3-11-17(12)15(18)10-7-13-5-8-14(16)9-6-13/h5-10,12H,2-4,11,16H2,1H3/b10-7+. The molecule has 1 aromatic carbocycles. The van der Waals surface area contributed by atoms with Crippen molar-refractivity contribution in [3.05, 3.63) is 35.9 Å². The summed E-state index contributed by atoms with van der Waals surface area (Å²) < 4.78 is 0.